The molecule has 0 aromatic carbocycles. The van der Waals surface area contributed by atoms with Gasteiger partial charge in [0.15, 0.2) is 0 Å². The van der Waals surface area contributed by atoms with E-state index >= 15 is 0 Å². The summed E-state index contributed by atoms with van der Waals surface area (Å²) in [5.41, 5.74) is 0. The lowest BCUT2D eigenvalue weighted by molar-refractivity contribution is -0.141. The van der Waals surface area contributed by atoms with E-state index in [0.717, 1.165) is 26.0 Å². The zero-order chi connectivity index (χ0) is 10.6. The SMILES string of the molecule is COCCC(C)N1CCC(C(=O)O)C1. The van der Waals surface area contributed by atoms with Crippen molar-refractivity contribution in [2.24, 2.45) is 5.92 Å². The highest BCUT2D eigenvalue weighted by Gasteiger charge is 2.30. The predicted molar refractivity (Wildman–Crippen MR) is 53.3 cm³/mol. The molecular formula is C10H19NO3. The third-order valence-corrected chi connectivity index (χ3v) is 2.93. The maximum atomic E-state index is 10.7. The topological polar surface area (TPSA) is 49.8 Å². The maximum Gasteiger partial charge on any atom is 0.307 e. The highest BCUT2D eigenvalue weighted by Crippen LogP contribution is 2.19. The van der Waals surface area contributed by atoms with E-state index in [1.165, 1.54) is 0 Å². The van der Waals surface area contributed by atoms with Gasteiger partial charge < -0.3 is 9.84 Å². The van der Waals surface area contributed by atoms with E-state index in [0.29, 0.717) is 12.6 Å². The fraction of sp³-hybridized carbons (Fsp3) is 0.900. The van der Waals surface area contributed by atoms with Crippen molar-refractivity contribution in [2.75, 3.05) is 26.8 Å². The predicted octanol–water partition coefficient (Wildman–Crippen LogP) is 0.818. The first kappa shape index (κ1) is 11.5. The average Bonchev–Trinajstić information content (AvgIpc) is 2.62. The van der Waals surface area contributed by atoms with Crippen molar-refractivity contribution in [3.63, 3.8) is 0 Å². The van der Waals surface area contributed by atoms with E-state index < -0.39 is 5.97 Å². The van der Waals surface area contributed by atoms with Gasteiger partial charge in [-0.3, -0.25) is 9.69 Å². The summed E-state index contributed by atoms with van der Waals surface area (Å²) in [7, 11) is 1.69. The highest BCUT2D eigenvalue weighted by atomic mass is 16.5. The molecule has 0 saturated carbocycles. The first-order valence-corrected chi connectivity index (χ1v) is 5.11. The van der Waals surface area contributed by atoms with Gasteiger partial charge >= 0.3 is 5.97 Å². The van der Waals surface area contributed by atoms with Crippen LogP contribution >= 0.6 is 0 Å². The average molecular weight is 201 g/mol. The number of carbonyl (C=O) groups is 1. The minimum atomic E-state index is -0.661. The number of aliphatic carboxylic acids is 1. The molecule has 1 aliphatic rings. The Labute approximate surface area is 84.8 Å². The second-order valence-corrected chi connectivity index (χ2v) is 3.95. The molecule has 1 heterocycles. The van der Waals surface area contributed by atoms with Crippen LogP contribution < -0.4 is 0 Å². The molecule has 1 fully saturated rings. The van der Waals surface area contributed by atoms with Crippen LogP contribution in [0.1, 0.15) is 19.8 Å². The molecule has 4 heteroatoms. The normalized spacial score (nSPS) is 25.1. The largest absolute Gasteiger partial charge is 0.481 e. The van der Waals surface area contributed by atoms with Crippen molar-refractivity contribution in [1.82, 2.24) is 4.90 Å². The summed E-state index contributed by atoms with van der Waals surface area (Å²) in [5, 5.41) is 8.84. The molecule has 1 N–H and O–H groups in total. The Morgan fingerprint density at radius 3 is 2.93 bits per heavy atom. The smallest absolute Gasteiger partial charge is 0.307 e. The fourth-order valence-electron chi connectivity index (χ4n) is 1.86. The van der Waals surface area contributed by atoms with Gasteiger partial charge in [-0.2, -0.15) is 0 Å². The Morgan fingerprint density at radius 2 is 2.43 bits per heavy atom. The summed E-state index contributed by atoms with van der Waals surface area (Å²) < 4.78 is 5.00. The van der Waals surface area contributed by atoms with Crippen LogP contribution in [0.25, 0.3) is 0 Å². The van der Waals surface area contributed by atoms with Crippen LogP contribution in [0, 0.1) is 5.92 Å². The van der Waals surface area contributed by atoms with Crippen molar-refractivity contribution in [3.05, 3.63) is 0 Å². The summed E-state index contributed by atoms with van der Waals surface area (Å²) in [6, 6.07) is 0.430. The number of hydrogen-bond donors (Lipinski definition) is 1. The van der Waals surface area contributed by atoms with Gasteiger partial charge in [0, 0.05) is 26.3 Å². The Balaban J connectivity index is 2.30. The van der Waals surface area contributed by atoms with Crippen molar-refractivity contribution in [1.29, 1.82) is 0 Å². The molecule has 0 amide bonds. The number of rotatable bonds is 5. The zero-order valence-corrected chi connectivity index (χ0v) is 8.90. The molecule has 0 bridgehead atoms. The monoisotopic (exact) mass is 201 g/mol. The third kappa shape index (κ3) is 2.96. The van der Waals surface area contributed by atoms with Crippen LogP contribution in [-0.2, 0) is 9.53 Å². The van der Waals surface area contributed by atoms with E-state index in [4.69, 9.17) is 9.84 Å². The van der Waals surface area contributed by atoms with Crippen LogP contribution in [0.4, 0.5) is 0 Å². The van der Waals surface area contributed by atoms with Gasteiger partial charge in [0.25, 0.3) is 0 Å². The van der Waals surface area contributed by atoms with Gasteiger partial charge in [-0.05, 0) is 26.3 Å². The highest BCUT2D eigenvalue weighted by molar-refractivity contribution is 5.70. The van der Waals surface area contributed by atoms with Crippen LogP contribution in [0.5, 0.6) is 0 Å². The van der Waals surface area contributed by atoms with Crippen molar-refractivity contribution in [3.8, 4) is 0 Å². The minimum Gasteiger partial charge on any atom is -0.481 e. The summed E-state index contributed by atoms with van der Waals surface area (Å²) in [5.74, 6) is -0.827. The molecule has 0 aromatic heterocycles. The van der Waals surface area contributed by atoms with Gasteiger partial charge in [0.1, 0.15) is 0 Å². The van der Waals surface area contributed by atoms with E-state index in [1.807, 2.05) is 0 Å². The molecule has 2 atom stereocenters. The number of methoxy groups -OCH3 is 1. The number of ether oxygens (including phenoxy) is 1. The number of nitrogens with zero attached hydrogens (tertiary/aromatic N) is 1. The molecule has 0 aliphatic carbocycles. The van der Waals surface area contributed by atoms with Crippen LogP contribution in [-0.4, -0.2) is 48.8 Å². The van der Waals surface area contributed by atoms with Gasteiger partial charge in [0.2, 0.25) is 0 Å². The summed E-state index contributed by atoms with van der Waals surface area (Å²) in [6.45, 7) is 4.47. The van der Waals surface area contributed by atoms with E-state index in [-0.39, 0.29) is 5.92 Å². The minimum absolute atomic E-state index is 0.167. The molecule has 1 saturated heterocycles. The lowest BCUT2D eigenvalue weighted by Gasteiger charge is -2.23. The Bertz CT molecular complexity index is 196. The molecule has 0 aromatic rings. The second-order valence-electron chi connectivity index (χ2n) is 3.95. The van der Waals surface area contributed by atoms with Crippen LogP contribution in [0.15, 0.2) is 0 Å². The fourth-order valence-corrected chi connectivity index (χ4v) is 1.86. The zero-order valence-electron chi connectivity index (χ0n) is 8.90. The number of carboxylic acid groups (broad SMARTS) is 1. The summed E-state index contributed by atoms with van der Waals surface area (Å²) >= 11 is 0. The number of likely N-dealkylation sites (tertiary alicyclic amines) is 1. The van der Waals surface area contributed by atoms with Crippen molar-refractivity contribution < 1.29 is 14.6 Å². The van der Waals surface area contributed by atoms with E-state index in [9.17, 15) is 4.79 Å². The Morgan fingerprint density at radius 1 is 1.71 bits per heavy atom. The molecule has 14 heavy (non-hydrogen) atoms. The van der Waals surface area contributed by atoms with Gasteiger partial charge in [-0.1, -0.05) is 0 Å². The molecule has 1 aliphatic heterocycles. The lowest BCUT2D eigenvalue weighted by atomic mass is 10.1. The standard InChI is InChI=1S/C10H19NO3/c1-8(4-6-14-2)11-5-3-9(7-11)10(12)13/h8-9H,3-7H2,1-2H3,(H,12,13). The molecule has 0 radical (unpaired) electrons. The van der Waals surface area contributed by atoms with Gasteiger partial charge in [0.05, 0.1) is 5.92 Å². The van der Waals surface area contributed by atoms with E-state index in [1.54, 1.807) is 7.11 Å². The van der Waals surface area contributed by atoms with Gasteiger partial charge in [-0.15, -0.1) is 0 Å². The van der Waals surface area contributed by atoms with Gasteiger partial charge in [-0.25, -0.2) is 0 Å². The molecular weight excluding hydrogens is 182 g/mol. The second kappa shape index (κ2) is 5.32. The molecule has 82 valence electrons. The maximum absolute atomic E-state index is 10.7. The molecule has 2 unspecified atom stereocenters. The van der Waals surface area contributed by atoms with Crippen molar-refractivity contribution >= 4 is 5.97 Å². The lowest BCUT2D eigenvalue weighted by Crippen LogP contribution is -2.32. The molecule has 4 nitrogen and oxygen atoms in total. The summed E-state index contributed by atoms with van der Waals surface area (Å²) in [6.07, 6.45) is 1.76. The number of hydrogen-bond acceptors (Lipinski definition) is 3. The number of carboxylic acids is 1. The molecule has 0 spiro atoms. The van der Waals surface area contributed by atoms with Crippen LogP contribution in [0.2, 0.25) is 0 Å². The van der Waals surface area contributed by atoms with E-state index in [2.05, 4.69) is 11.8 Å². The third-order valence-electron chi connectivity index (χ3n) is 2.93. The molecule has 1 rings (SSSR count). The Hall–Kier alpha value is -0.610. The summed E-state index contributed by atoms with van der Waals surface area (Å²) in [4.78, 5) is 13.0. The first-order chi connectivity index (χ1) is 6.65. The first-order valence-electron chi connectivity index (χ1n) is 5.11. The quantitative estimate of drug-likeness (QED) is 0.715. The van der Waals surface area contributed by atoms with Crippen molar-refractivity contribution in [2.45, 2.75) is 25.8 Å². The Kier molecular flexibility index (Phi) is 4.35. The van der Waals surface area contributed by atoms with Crippen LogP contribution in [0.3, 0.4) is 0 Å².